The highest BCUT2D eigenvalue weighted by Crippen LogP contribution is 2.35. The Kier molecular flexibility index (Phi) is 7.06. The molecule has 5 nitrogen and oxygen atoms in total. The van der Waals surface area contributed by atoms with Gasteiger partial charge in [0.05, 0.1) is 7.05 Å². The zero-order chi connectivity index (χ0) is 23.5. The van der Waals surface area contributed by atoms with Crippen LogP contribution in [0.25, 0.3) is 11.0 Å². The van der Waals surface area contributed by atoms with Crippen molar-refractivity contribution in [2.45, 2.75) is 66.2 Å². The molecule has 0 amide bonds. The number of carbonyl (C=O) groups is 1. The molecule has 0 aliphatic heterocycles. The van der Waals surface area contributed by atoms with Crippen LogP contribution in [0.5, 0.6) is 5.75 Å². The molecule has 0 saturated heterocycles. The van der Waals surface area contributed by atoms with Crippen molar-refractivity contribution in [2.24, 2.45) is 24.8 Å². The standard InChI is InChI=1S/C28H37N2O3/c1-19(2)23-14-13-21(4)16-26(23)33-28(31)17-30-25-12-7-6-11-24(25)29(5)27(30)18-32-22-10-8-9-20(3)15-22/h6-12,15,19,21,23,26H,13-14,16-18H2,1-5H3/q+1/t21-,23-,26+/m0/s1. The second kappa shape index (κ2) is 9.98. The van der Waals surface area contributed by atoms with Crippen molar-refractivity contribution < 1.29 is 18.8 Å². The fourth-order valence-corrected chi connectivity index (χ4v) is 5.22. The number of aromatic nitrogens is 2. The molecular formula is C28H37N2O3+. The van der Waals surface area contributed by atoms with Crippen LogP contribution in [0.4, 0.5) is 0 Å². The first-order valence-electron chi connectivity index (χ1n) is 12.2. The van der Waals surface area contributed by atoms with Crippen molar-refractivity contribution in [1.29, 1.82) is 0 Å². The van der Waals surface area contributed by atoms with Crippen LogP contribution >= 0.6 is 0 Å². The molecule has 1 heterocycles. The van der Waals surface area contributed by atoms with Gasteiger partial charge in [0.1, 0.15) is 11.9 Å². The Bertz CT molecular complexity index is 1120. The summed E-state index contributed by atoms with van der Waals surface area (Å²) in [5.41, 5.74) is 3.24. The minimum atomic E-state index is -0.169. The zero-order valence-electron chi connectivity index (χ0n) is 20.6. The predicted octanol–water partition coefficient (Wildman–Crippen LogP) is 5.36. The summed E-state index contributed by atoms with van der Waals surface area (Å²) in [4.78, 5) is 13.2. The van der Waals surface area contributed by atoms with Gasteiger partial charge in [-0.05, 0) is 67.3 Å². The lowest BCUT2D eigenvalue weighted by Gasteiger charge is -2.36. The van der Waals surface area contributed by atoms with Crippen molar-refractivity contribution in [1.82, 2.24) is 4.57 Å². The largest absolute Gasteiger partial charge is 0.481 e. The highest BCUT2D eigenvalue weighted by molar-refractivity contribution is 5.76. The number of fused-ring (bicyclic) bond motifs is 1. The van der Waals surface area contributed by atoms with Gasteiger partial charge < -0.3 is 9.47 Å². The van der Waals surface area contributed by atoms with Crippen molar-refractivity contribution in [3.8, 4) is 5.75 Å². The molecule has 1 aliphatic carbocycles. The van der Waals surface area contributed by atoms with Gasteiger partial charge in [-0.25, -0.2) is 13.9 Å². The number of hydrogen-bond acceptors (Lipinski definition) is 3. The lowest BCUT2D eigenvalue weighted by Crippen LogP contribution is -2.37. The maximum Gasteiger partial charge on any atom is 0.348 e. The Morgan fingerprint density at radius 3 is 2.70 bits per heavy atom. The van der Waals surface area contributed by atoms with Gasteiger partial charge in [0.15, 0.2) is 24.2 Å². The number of carbonyl (C=O) groups excluding carboxylic acids is 1. The van der Waals surface area contributed by atoms with Gasteiger partial charge in [0.2, 0.25) is 0 Å². The van der Waals surface area contributed by atoms with E-state index in [-0.39, 0.29) is 18.6 Å². The van der Waals surface area contributed by atoms with Gasteiger partial charge >= 0.3 is 5.97 Å². The Morgan fingerprint density at radius 2 is 1.94 bits per heavy atom. The van der Waals surface area contributed by atoms with Crippen molar-refractivity contribution >= 4 is 17.0 Å². The van der Waals surface area contributed by atoms with Crippen molar-refractivity contribution in [3.63, 3.8) is 0 Å². The van der Waals surface area contributed by atoms with Crippen molar-refractivity contribution in [3.05, 3.63) is 59.9 Å². The summed E-state index contributed by atoms with van der Waals surface area (Å²) < 4.78 is 16.4. The number of benzene rings is 2. The van der Waals surface area contributed by atoms with E-state index in [1.807, 2.05) is 41.9 Å². The molecule has 0 radical (unpaired) electrons. The first-order valence-corrected chi connectivity index (χ1v) is 12.2. The molecule has 3 aromatic rings. The third-order valence-electron chi connectivity index (χ3n) is 7.12. The zero-order valence-corrected chi connectivity index (χ0v) is 20.6. The van der Waals surface area contributed by atoms with Crippen LogP contribution in [0.3, 0.4) is 0 Å². The number of esters is 1. The van der Waals surface area contributed by atoms with Gasteiger partial charge in [-0.3, -0.25) is 0 Å². The van der Waals surface area contributed by atoms with Crippen LogP contribution in [0, 0.1) is 24.7 Å². The highest BCUT2D eigenvalue weighted by atomic mass is 16.5. The molecule has 2 aromatic carbocycles. The maximum absolute atomic E-state index is 13.2. The van der Waals surface area contributed by atoms with Gasteiger partial charge in [-0.15, -0.1) is 0 Å². The molecule has 4 rings (SSSR count). The van der Waals surface area contributed by atoms with Crippen LogP contribution in [-0.4, -0.2) is 16.6 Å². The summed E-state index contributed by atoms with van der Waals surface area (Å²) >= 11 is 0. The smallest absolute Gasteiger partial charge is 0.348 e. The van der Waals surface area contributed by atoms with Gasteiger partial charge in [-0.2, -0.15) is 0 Å². The van der Waals surface area contributed by atoms with E-state index in [1.54, 1.807) is 0 Å². The molecule has 176 valence electrons. The highest BCUT2D eigenvalue weighted by Gasteiger charge is 2.34. The molecule has 0 bridgehead atoms. The molecule has 0 N–H and O–H groups in total. The van der Waals surface area contributed by atoms with Crippen LogP contribution in [0.15, 0.2) is 48.5 Å². The van der Waals surface area contributed by atoms with E-state index >= 15 is 0 Å². The van der Waals surface area contributed by atoms with E-state index in [0.29, 0.717) is 24.4 Å². The van der Waals surface area contributed by atoms with E-state index in [9.17, 15) is 4.79 Å². The fourth-order valence-electron chi connectivity index (χ4n) is 5.22. The second-order valence-electron chi connectivity index (χ2n) is 10.0. The van der Waals surface area contributed by atoms with Crippen LogP contribution in [0.2, 0.25) is 0 Å². The lowest BCUT2D eigenvalue weighted by molar-refractivity contribution is -0.655. The Morgan fingerprint density at radius 1 is 1.15 bits per heavy atom. The number of nitrogens with zero attached hydrogens (tertiary/aromatic N) is 2. The summed E-state index contributed by atoms with van der Waals surface area (Å²) in [5.74, 6) is 3.14. The molecule has 5 heteroatoms. The Hall–Kier alpha value is -2.82. The molecule has 0 unspecified atom stereocenters. The minimum Gasteiger partial charge on any atom is -0.481 e. The Labute approximate surface area is 197 Å². The second-order valence-corrected chi connectivity index (χ2v) is 10.0. The third kappa shape index (κ3) is 5.23. The first-order chi connectivity index (χ1) is 15.8. The molecule has 33 heavy (non-hydrogen) atoms. The van der Waals surface area contributed by atoms with Crippen LogP contribution in [0.1, 0.15) is 51.4 Å². The number of hydrogen-bond donors (Lipinski definition) is 0. The maximum atomic E-state index is 13.2. The van der Waals surface area contributed by atoms with Gasteiger partial charge in [-0.1, -0.05) is 51.5 Å². The molecular weight excluding hydrogens is 412 g/mol. The molecule has 1 aliphatic rings. The van der Waals surface area contributed by atoms with Gasteiger partial charge in [0, 0.05) is 0 Å². The molecule has 0 spiro atoms. The molecule has 3 atom stereocenters. The van der Waals surface area contributed by atoms with E-state index in [2.05, 4.69) is 50.5 Å². The fraction of sp³-hybridized carbons (Fsp3) is 0.500. The molecule has 1 saturated carbocycles. The van der Waals surface area contributed by atoms with Crippen LogP contribution < -0.4 is 9.30 Å². The minimum absolute atomic E-state index is 0.00354. The average molecular weight is 450 g/mol. The first kappa shape index (κ1) is 23.3. The monoisotopic (exact) mass is 449 g/mol. The predicted molar refractivity (Wildman–Crippen MR) is 130 cm³/mol. The topological polar surface area (TPSA) is 44.3 Å². The SMILES string of the molecule is Cc1cccc(OCc2n(CC(=O)O[C@@H]3C[C@@H](C)CC[C@H]3C(C)C)c3ccccc3[n+]2C)c1. The van der Waals surface area contributed by atoms with Gasteiger partial charge in [0.25, 0.3) is 5.82 Å². The number of rotatable bonds is 7. The number of ether oxygens (including phenoxy) is 2. The summed E-state index contributed by atoms with van der Waals surface area (Å²) in [5, 5.41) is 0. The van der Waals surface area contributed by atoms with E-state index in [4.69, 9.17) is 9.47 Å². The molecule has 1 fully saturated rings. The normalized spacial score (nSPS) is 20.8. The third-order valence-corrected chi connectivity index (χ3v) is 7.12. The van der Waals surface area contributed by atoms with E-state index < -0.39 is 0 Å². The lowest BCUT2D eigenvalue weighted by atomic mass is 9.75. The summed E-state index contributed by atoms with van der Waals surface area (Å²) in [6, 6.07) is 16.2. The van der Waals surface area contributed by atoms with E-state index in [0.717, 1.165) is 41.0 Å². The average Bonchev–Trinajstić information content (AvgIpc) is 3.03. The number of para-hydroxylation sites is 2. The van der Waals surface area contributed by atoms with Crippen molar-refractivity contribution in [2.75, 3.05) is 0 Å². The molecule has 1 aromatic heterocycles. The number of aryl methyl sites for hydroxylation is 2. The number of imidazole rings is 1. The summed E-state index contributed by atoms with van der Waals surface area (Å²) in [6.45, 7) is 9.35. The summed E-state index contributed by atoms with van der Waals surface area (Å²) in [7, 11) is 2.02. The van der Waals surface area contributed by atoms with E-state index in [1.165, 1.54) is 6.42 Å². The van der Waals surface area contributed by atoms with Crippen LogP contribution in [-0.2, 0) is 29.7 Å². The Balaban J connectivity index is 1.57. The summed E-state index contributed by atoms with van der Waals surface area (Å²) in [6.07, 6.45) is 3.31. The quantitative estimate of drug-likeness (QED) is 0.360.